The zero-order valence-corrected chi connectivity index (χ0v) is 14.6. The van der Waals surface area contributed by atoms with Crippen molar-refractivity contribution in [1.29, 1.82) is 0 Å². The molecular weight excluding hydrogens is 346 g/mol. The second kappa shape index (κ2) is 6.93. The van der Waals surface area contributed by atoms with Crippen LogP contribution in [0, 0.1) is 0 Å². The monoisotopic (exact) mass is 361 g/mol. The number of para-hydroxylation sites is 2. The summed E-state index contributed by atoms with van der Waals surface area (Å²) in [5.41, 5.74) is 3.99. The Morgan fingerprint density at radius 1 is 1.00 bits per heavy atom. The first-order chi connectivity index (χ1) is 12.7. The standard InChI is InChI=1S/C20H15N3O2S/c24-19(22-21-12-14-6-5-11-26-14)13-23-17-9-3-1-7-15(17)20(25)16-8-2-4-10-18(16)23/h1-12H,13H2,(H,22,24)/b21-12-. The second-order valence-corrected chi connectivity index (χ2v) is 6.74. The topological polar surface area (TPSA) is 63.5 Å². The van der Waals surface area contributed by atoms with Gasteiger partial charge in [-0.05, 0) is 35.7 Å². The van der Waals surface area contributed by atoms with E-state index in [9.17, 15) is 9.59 Å². The molecule has 1 amide bonds. The zero-order chi connectivity index (χ0) is 17.9. The first kappa shape index (κ1) is 16.2. The number of hydrogen-bond donors (Lipinski definition) is 1. The summed E-state index contributed by atoms with van der Waals surface area (Å²) >= 11 is 1.54. The Kier molecular flexibility index (Phi) is 4.33. The number of carbonyl (C=O) groups is 1. The number of rotatable bonds is 4. The molecule has 6 heteroatoms. The lowest BCUT2D eigenvalue weighted by Crippen LogP contribution is -2.24. The molecule has 0 unspecified atom stereocenters. The van der Waals surface area contributed by atoms with Crippen molar-refractivity contribution in [2.24, 2.45) is 5.10 Å². The highest BCUT2D eigenvalue weighted by Crippen LogP contribution is 2.18. The van der Waals surface area contributed by atoms with E-state index in [0.717, 1.165) is 15.9 Å². The van der Waals surface area contributed by atoms with Crippen molar-refractivity contribution in [3.05, 3.63) is 81.1 Å². The van der Waals surface area contributed by atoms with Gasteiger partial charge in [-0.3, -0.25) is 9.59 Å². The van der Waals surface area contributed by atoms with Crippen LogP contribution >= 0.6 is 11.3 Å². The summed E-state index contributed by atoms with van der Waals surface area (Å²) in [6.45, 7) is 0.0725. The number of hydrazone groups is 1. The number of carbonyl (C=O) groups excluding carboxylic acids is 1. The van der Waals surface area contributed by atoms with Crippen LogP contribution in [0.5, 0.6) is 0 Å². The summed E-state index contributed by atoms with van der Waals surface area (Å²) in [7, 11) is 0. The van der Waals surface area contributed by atoms with Gasteiger partial charge in [0.1, 0.15) is 6.54 Å². The lowest BCUT2D eigenvalue weighted by Gasteiger charge is -2.14. The maximum atomic E-state index is 12.7. The van der Waals surface area contributed by atoms with Gasteiger partial charge >= 0.3 is 0 Å². The maximum absolute atomic E-state index is 12.7. The van der Waals surface area contributed by atoms with Gasteiger partial charge in [-0.25, -0.2) is 5.43 Å². The van der Waals surface area contributed by atoms with Gasteiger partial charge in [-0.15, -0.1) is 11.3 Å². The largest absolute Gasteiger partial charge is 0.331 e. The fourth-order valence-electron chi connectivity index (χ4n) is 2.96. The van der Waals surface area contributed by atoms with Crippen molar-refractivity contribution in [3.63, 3.8) is 0 Å². The summed E-state index contributed by atoms with van der Waals surface area (Å²) in [6.07, 6.45) is 1.62. The summed E-state index contributed by atoms with van der Waals surface area (Å²) in [4.78, 5) is 26.0. The van der Waals surface area contributed by atoms with E-state index in [0.29, 0.717) is 10.8 Å². The summed E-state index contributed by atoms with van der Waals surface area (Å²) in [5.74, 6) is -0.253. The van der Waals surface area contributed by atoms with Crippen molar-refractivity contribution >= 4 is 45.3 Å². The van der Waals surface area contributed by atoms with E-state index in [1.54, 1.807) is 29.7 Å². The molecule has 2 aromatic heterocycles. The molecule has 2 heterocycles. The van der Waals surface area contributed by atoms with E-state index >= 15 is 0 Å². The minimum Gasteiger partial charge on any atom is -0.331 e. The Hall–Kier alpha value is -3.25. The predicted octanol–water partition coefficient (Wildman–Crippen LogP) is 3.37. The van der Waals surface area contributed by atoms with Crippen molar-refractivity contribution in [3.8, 4) is 0 Å². The van der Waals surface area contributed by atoms with Crippen LogP contribution in [0.15, 0.2) is 75.9 Å². The number of aromatic nitrogens is 1. The van der Waals surface area contributed by atoms with Gasteiger partial charge in [-0.2, -0.15) is 5.10 Å². The maximum Gasteiger partial charge on any atom is 0.260 e. The van der Waals surface area contributed by atoms with Gasteiger partial charge in [0.2, 0.25) is 0 Å². The van der Waals surface area contributed by atoms with Crippen LogP contribution in [0.3, 0.4) is 0 Å². The van der Waals surface area contributed by atoms with Crippen molar-refractivity contribution < 1.29 is 4.79 Å². The molecule has 0 aliphatic carbocycles. The highest BCUT2D eigenvalue weighted by Gasteiger charge is 2.12. The Morgan fingerprint density at radius 2 is 1.65 bits per heavy atom. The Balaban J connectivity index is 1.71. The van der Waals surface area contributed by atoms with Crippen LogP contribution in [0.25, 0.3) is 21.8 Å². The average Bonchev–Trinajstić information content (AvgIpc) is 3.19. The van der Waals surface area contributed by atoms with Gasteiger partial charge in [0, 0.05) is 15.6 Å². The lowest BCUT2D eigenvalue weighted by molar-refractivity contribution is -0.121. The fourth-order valence-corrected chi connectivity index (χ4v) is 3.54. The lowest BCUT2D eigenvalue weighted by atomic mass is 10.1. The van der Waals surface area contributed by atoms with E-state index in [1.165, 1.54) is 0 Å². The molecule has 0 aliphatic rings. The first-order valence-electron chi connectivity index (χ1n) is 8.10. The number of thiophene rings is 1. The van der Waals surface area contributed by atoms with Gasteiger partial charge in [0.15, 0.2) is 5.43 Å². The van der Waals surface area contributed by atoms with Gasteiger partial charge in [-0.1, -0.05) is 30.3 Å². The highest BCUT2D eigenvalue weighted by atomic mass is 32.1. The zero-order valence-electron chi connectivity index (χ0n) is 13.8. The number of nitrogens with zero attached hydrogens (tertiary/aromatic N) is 2. The Bertz CT molecular complexity index is 1120. The van der Waals surface area contributed by atoms with E-state index in [-0.39, 0.29) is 17.9 Å². The third-order valence-electron chi connectivity index (χ3n) is 4.10. The molecule has 0 saturated heterocycles. The molecule has 0 atom stereocenters. The van der Waals surface area contributed by atoms with Crippen LogP contribution in [-0.2, 0) is 11.3 Å². The number of fused-ring (bicyclic) bond motifs is 2. The molecule has 1 N–H and O–H groups in total. The normalized spacial score (nSPS) is 11.4. The Morgan fingerprint density at radius 3 is 2.27 bits per heavy atom. The van der Waals surface area contributed by atoms with Crippen LogP contribution < -0.4 is 10.9 Å². The molecule has 4 aromatic rings. The molecule has 0 spiro atoms. The number of pyridine rings is 1. The minimum atomic E-state index is -0.253. The summed E-state index contributed by atoms with van der Waals surface area (Å²) < 4.78 is 1.85. The molecular formula is C20H15N3O2S. The Labute approximate surface area is 153 Å². The SMILES string of the molecule is O=C(Cn1c2ccccc2c(=O)c2ccccc21)N/N=C\c1cccs1. The number of nitrogens with one attached hydrogen (secondary N) is 1. The quantitative estimate of drug-likeness (QED) is 0.344. The first-order valence-corrected chi connectivity index (χ1v) is 8.98. The average molecular weight is 361 g/mol. The van der Waals surface area contributed by atoms with E-state index < -0.39 is 0 Å². The minimum absolute atomic E-state index is 0.0245. The highest BCUT2D eigenvalue weighted by molar-refractivity contribution is 7.11. The van der Waals surface area contributed by atoms with Crippen LogP contribution in [0.2, 0.25) is 0 Å². The van der Waals surface area contributed by atoms with Crippen molar-refractivity contribution in [2.45, 2.75) is 6.54 Å². The molecule has 2 aromatic carbocycles. The summed E-state index contributed by atoms with van der Waals surface area (Å²) in [5, 5.41) is 7.14. The molecule has 5 nitrogen and oxygen atoms in total. The van der Waals surface area contributed by atoms with E-state index in [2.05, 4.69) is 10.5 Å². The van der Waals surface area contributed by atoms with Crippen molar-refractivity contribution in [1.82, 2.24) is 9.99 Å². The molecule has 0 aliphatic heterocycles. The van der Waals surface area contributed by atoms with Gasteiger partial charge in [0.05, 0.1) is 17.2 Å². The van der Waals surface area contributed by atoms with Gasteiger partial charge in [0.25, 0.3) is 5.91 Å². The predicted molar refractivity (Wildman–Crippen MR) is 106 cm³/mol. The molecule has 4 rings (SSSR count). The van der Waals surface area contributed by atoms with Gasteiger partial charge < -0.3 is 4.57 Å². The molecule has 0 fully saturated rings. The van der Waals surface area contributed by atoms with Crippen LogP contribution in [0.4, 0.5) is 0 Å². The molecule has 0 saturated carbocycles. The third-order valence-corrected chi connectivity index (χ3v) is 4.91. The number of hydrogen-bond acceptors (Lipinski definition) is 4. The second-order valence-electron chi connectivity index (χ2n) is 5.76. The third kappa shape index (κ3) is 3.02. The molecule has 128 valence electrons. The van der Waals surface area contributed by atoms with Crippen molar-refractivity contribution in [2.75, 3.05) is 0 Å². The fraction of sp³-hybridized carbons (Fsp3) is 0.0500. The van der Waals surface area contributed by atoms with Crippen LogP contribution in [-0.4, -0.2) is 16.7 Å². The van der Waals surface area contributed by atoms with E-state index in [1.807, 2.05) is 58.5 Å². The number of amides is 1. The molecule has 26 heavy (non-hydrogen) atoms. The molecule has 0 radical (unpaired) electrons. The summed E-state index contributed by atoms with van der Waals surface area (Å²) in [6, 6.07) is 18.5. The number of benzene rings is 2. The van der Waals surface area contributed by atoms with E-state index in [4.69, 9.17) is 0 Å². The van der Waals surface area contributed by atoms with Crippen LogP contribution in [0.1, 0.15) is 4.88 Å². The smallest absolute Gasteiger partial charge is 0.260 e. The molecule has 0 bridgehead atoms.